The SMILES string of the molecule is Cc1ccc(C(=O)c2cc(Br)sc2Br)cc1Br. The number of ketones is 1. The fourth-order valence-corrected chi connectivity index (χ4v) is 4.56. The zero-order chi connectivity index (χ0) is 12.6. The zero-order valence-electron chi connectivity index (χ0n) is 8.76. The van der Waals surface area contributed by atoms with Crippen LogP contribution in [0.2, 0.25) is 0 Å². The summed E-state index contributed by atoms with van der Waals surface area (Å²) in [6.07, 6.45) is 0. The molecule has 0 fully saturated rings. The molecule has 1 aromatic carbocycles. The third kappa shape index (κ3) is 2.89. The predicted octanol–water partition coefficient (Wildman–Crippen LogP) is 5.58. The van der Waals surface area contributed by atoms with Crippen molar-refractivity contribution in [2.75, 3.05) is 0 Å². The Morgan fingerprint density at radius 2 is 1.88 bits per heavy atom. The van der Waals surface area contributed by atoms with Crippen LogP contribution in [0.5, 0.6) is 0 Å². The summed E-state index contributed by atoms with van der Waals surface area (Å²) in [5.74, 6) is 0.0273. The van der Waals surface area contributed by atoms with Crippen LogP contribution >= 0.6 is 59.1 Å². The van der Waals surface area contributed by atoms with E-state index in [1.165, 1.54) is 11.3 Å². The van der Waals surface area contributed by atoms with Crippen LogP contribution < -0.4 is 0 Å². The highest BCUT2D eigenvalue weighted by Gasteiger charge is 2.16. The molecule has 0 radical (unpaired) electrons. The van der Waals surface area contributed by atoms with Crippen LogP contribution in [0.25, 0.3) is 0 Å². The van der Waals surface area contributed by atoms with Gasteiger partial charge in [-0.3, -0.25) is 4.79 Å². The minimum absolute atomic E-state index is 0.0273. The second-order valence-electron chi connectivity index (χ2n) is 3.53. The van der Waals surface area contributed by atoms with E-state index in [1.807, 2.05) is 31.2 Å². The second-order valence-corrected chi connectivity index (χ2v) is 8.13. The number of thiophene rings is 1. The van der Waals surface area contributed by atoms with E-state index in [0.29, 0.717) is 11.1 Å². The summed E-state index contributed by atoms with van der Waals surface area (Å²) in [6.45, 7) is 2.00. The number of hydrogen-bond donors (Lipinski definition) is 0. The van der Waals surface area contributed by atoms with Gasteiger partial charge in [-0.2, -0.15) is 0 Å². The number of benzene rings is 1. The van der Waals surface area contributed by atoms with Gasteiger partial charge in [0.15, 0.2) is 5.78 Å². The number of carbonyl (C=O) groups excluding carboxylic acids is 1. The molecular formula is C12H7Br3OS. The lowest BCUT2D eigenvalue weighted by atomic mass is 10.0. The first-order chi connectivity index (χ1) is 7.99. The minimum Gasteiger partial charge on any atom is -0.289 e. The zero-order valence-corrected chi connectivity index (χ0v) is 14.3. The Balaban J connectivity index is 2.44. The number of rotatable bonds is 2. The molecule has 2 rings (SSSR count). The van der Waals surface area contributed by atoms with E-state index in [2.05, 4.69) is 47.8 Å². The molecular weight excluding hydrogens is 432 g/mol. The van der Waals surface area contributed by atoms with Crippen LogP contribution in [-0.4, -0.2) is 5.78 Å². The van der Waals surface area contributed by atoms with Gasteiger partial charge in [-0.1, -0.05) is 28.1 Å². The first kappa shape index (κ1) is 13.5. The predicted molar refractivity (Wildman–Crippen MR) is 82.0 cm³/mol. The van der Waals surface area contributed by atoms with Crippen molar-refractivity contribution in [1.82, 2.24) is 0 Å². The fraction of sp³-hybridized carbons (Fsp3) is 0.0833. The molecule has 2 aromatic rings. The number of halogens is 3. The van der Waals surface area contributed by atoms with Gasteiger partial charge in [0.05, 0.1) is 7.57 Å². The fourth-order valence-electron chi connectivity index (χ4n) is 1.38. The van der Waals surface area contributed by atoms with Crippen LogP contribution in [0.4, 0.5) is 0 Å². The summed E-state index contributed by atoms with van der Waals surface area (Å²) in [5.41, 5.74) is 2.50. The summed E-state index contributed by atoms with van der Waals surface area (Å²) in [7, 11) is 0. The first-order valence-electron chi connectivity index (χ1n) is 4.74. The molecule has 1 nitrogen and oxygen atoms in total. The molecule has 0 bridgehead atoms. The Labute approximate surface area is 129 Å². The molecule has 0 aliphatic carbocycles. The van der Waals surface area contributed by atoms with E-state index in [-0.39, 0.29) is 5.78 Å². The quantitative estimate of drug-likeness (QED) is 0.560. The molecule has 0 aliphatic heterocycles. The normalized spacial score (nSPS) is 10.6. The number of aryl methyl sites for hydroxylation is 1. The van der Waals surface area contributed by atoms with Crippen molar-refractivity contribution in [1.29, 1.82) is 0 Å². The van der Waals surface area contributed by atoms with Gasteiger partial charge in [0.2, 0.25) is 0 Å². The highest BCUT2D eigenvalue weighted by atomic mass is 79.9. The van der Waals surface area contributed by atoms with E-state index < -0.39 is 0 Å². The molecule has 17 heavy (non-hydrogen) atoms. The molecule has 0 aliphatic rings. The summed E-state index contributed by atoms with van der Waals surface area (Å²) >= 11 is 11.7. The Kier molecular flexibility index (Phi) is 4.23. The molecule has 0 atom stereocenters. The van der Waals surface area contributed by atoms with Crippen molar-refractivity contribution < 1.29 is 4.79 Å². The van der Waals surface area contributed by atoms with Gasteiger partial charge in [0.1, 0.15) is 0 Å². The van der Waals surface area contributed by atoms with Crippen molar-refractivity contribution in [2.45, 2.75) is 6.92 Å². The van der Waals surface area contributed by atoms with Crippen molar-refractivity contribution in [3.63, 3.8) is 0 Å². The lowest BCUT2D eigenvalue weighted by Crippen LogP contribution is -2.00. The average Bonchev–Trinajstić information content (AvgIpc) is 2.61. The minimum atomic E-state index is 0.0273. The van der Waals surface area contributed by atoms with Crippen LogP contribution in [0.15, 0.2) is 36.3 Å². The maximum atomic E-state index is 12.3. The van der Waals surface area contributed by atoms with Crippen molar-refractivity contribution in [2.24, 2.45) is 0 Å². The van der Waals surface area contributed by atoms with E-state index in [4.69, 9.17) is 0 Å². The van der Waals surface area contributed by atoms with Crippen LogP contribution in [-0.2, 0) is 0 Å². The van der Waals surface area contributed by atoms with E-state index in [9.17, 15) is 4.79 Å². The summed E-state index contributed by atoms with van der Waals surface area (Å²) in [5, 5.41) is 0. The monoisotopic (exact) mass is 436 g/mol. The lowest BCUT2D eigenvalue weighted by molar-refractivity contribution is 0.103. The molecule has 1 aromatic heterocycles. The maximum absolute atomic E-state index is 12.3. The molecule has 0 spiro atoms. The Morgan fingerprint density at radius 3 is 2.41 bits per heavy atom. The van der Waals surface area contributed by atoms with Gasteiger partial charge < -0.3 is 0 Å². The molecule has 0 unspecified atom stereocenters. The Bertz CT molecular complexity index is 589. The van der Waals surface area contributed by atoms with Crippen LogP contribution in [0.3, 0.4) is 0 Å². The smallest absolute Gasteiger partial charge is 0.195 e. The van der Waals surface area contributed by atoms with Crippen LogP contribution in [0, 0.1) is 6.92 Å². The second kappa shape index (κ2) is 5.34. The Hall–Kier alpha value is 0.0300. The van der Waals surface area contributed by atoms with Crippen molar-refractivity contribution in [3.05, 3.63) is 53.0 Å². The largest absolute Gasteiger partial charge is 0.289 e. The van der Waals surface area contributed by atoms with Gasteiger partial charge >= 0.3 is 0 Å². The van der Waals surface area contributed by atoms with Crippen molar-refractivity contribution in [3.8, 4) is 0 Å². The highest BCUT2D eigenvalue weighted by molar-refractivity contribution is 9.12. The van der Waals surface area contributed by atoms with E-state index >= 15 is 0 Å². The topological polar surface area (TPSA) is 17.1 Å². The van der Waals surface area contributed by atoms with Gasteiger partial charge in [-0.15, -0.1) is 11.3 Å². The number of hydrogen-bond acceptors (Lipinski definition) is 2. The van der Waals surface area contributed by atoms with Gasteiger partial charge in [-0.25, -0.2) is 0 Å². The van der Waals surface area contributed by atoms with E-state index in [0.717, 1.165) is 17.6 Å². The third-order valence-electron chi connectivity index (χ3n) is 2.34. The number of carbonyl (C=O) groups is 1. The summed E-state index contributed by atoms with van der Waals surface area (Å²) in [4.78, 5) is 12.3. The van der Waals surface area contributed by atoms with Crippen molar-refractivity contribution >= 4 is 64.9 Å². The molecule has 5 heteroatoms. The van der Waals surface area contributed by atoms with Crippen LogP contribution in [0.1, 0.15) is 21.5 Å². The first-order valence-corrected chi connectivity index (χ1v) is 7.94. The van der Waals surface area contributed by atoms with E-state index in [1.54, 1.807) is 0 Å². The maximum Gasteiger partial charge on any atom is 0.195 e. The molecule has 88 valence electrons. The van der Waals surface area contributed by atoms with Gasteiger partial charge in [0, 0.05) is 15.6 Å². The molecule has 0 saturated heterocycles. The standard InChI is InChI=1S/C12H7Br3OS/c1-6-2-3-7(4-9(6)13)11(16)8-5-10(14)17-12(8)15/h2-5H,1H3. The lowest BCUT2D eigenvalue weighted by Gasteiger charge is -2.02. The molecule has 0 N–H and O–H groups in total. The molecule has 0 amide bonds. The third-order valence-corrected chi connectivity index (χ3v) is 5.53. The average molecular weight is 439 g/mol. The highest BCUT2D eigenvalue weighted by Crippen LogP contribution is 2.33. The molecule has 0 saturated carbocycles. The molecule has 1 heterocycles. The van der Waals surface area contributed by atoms with Gasteiger partial charge in [0.25, 0.3) is 0 Å². The Morgan fingerprint density at radius 1 is 1.18 bits per heavy atom. The van der Waals surface area contributed by atoms with Gasteiger partial charge in [-0.05, 0) is 56.5 Å². The summed E-state index contributed by atoms with van der Waals surface area (Å²) in [6, 6.07) is 7.48. The summed E-state index contributed by atoms with van der Waals surface area (Å²) < 4.78 is 2.75.